The maximum Gasteiger partial charge on any atom is 0.329 e. The van der Waals surface area contributed by atoms with Crippen LogP contribution in [0.1, 0.15) is 24.4 Å². The Balaban J connectivity index is 2.05. The molecule has 2 aromatic rings. The van der Waals surface area contributed by atoms with E-state index in [1.807, 2.05) is 13.0 Å². The van der Waals surface area contributed by atoms with Crippen LogP contribution in [0.3, 0.4) is 0 Å². The second-order valence-corrected chi connectivity index (χ2v) is 4.57. The van der Waals surface area contributed by atoms with Crippen molar-refractivity contribution in [1.82, 2.24) is 15.5 Å². The van der Waals surface area contributed by atoms with E-state index < -0.39 is 6.03 Å². The Kier molecular flexibility index (Phi) is 4.82. The molecule has 8 heteroatoms. The van der Waals surface area contributed by atoms with Crippen molar-refractivity contribution in [3.05, 3.63) is 29.6 Å². The molecule has 0 bridgehead atoms. The highest BCUT2D eigenvalue weighted by atomic mass is 16.5. The van der Waals surface area contributed by atoms with Crippen molar-refractivity contribution < 1.29 is 18.8 Å². The van der Waals surface area contributed by atoms with Gasteiger partial charge in [0.05, 0.1) is 20.3 Å². The van der Waals surface area contributed by atoms with Gasteiger partial charge in [-0.1, -0.05) is 5.16 Å². The van der Waals surface area contributed by atoms with Gasteiger partial charge in [-0.3, -0.25) is 5.32 Å². The van der Waals surface area contributed by atoms with Gasteiger partial charge in [-0.25, -0.2) is 4.79 Å². The summed E-state index contributed by atoms with van der Waals surface area (Å²) in [6.07, 6.45) is 0. The largest absolute Gasteiger partial charge is 0.497 e. The van der Waals surface area contributed by atoms with E-state index in [4.69, 9.17) is 14.0 Å². The maximum atomic E-state index is 11.9. The van der Waals surface area contributed by atoms with Crippen molar-refractivity contribution in [3.8, 4) is 11.5 Å². The maximum absolute atomic E-state index is 11.9. The molecule has 0 radical (unpaired) electrons. The Labute approximate surface area is 127 Å². The number of benzene rings is 1. The number of hydrogen-bond acceptors (Lipinski definition) is 6. The molecular formula is C14H18N4O4. The molecule has 0 saturated carbocycles. The predicted octanol–water partition coefficient (Wildman–Crippen LogP) is 2.28. The fourth-order valence-corrected chi connectivity index (χ4v) is 1.93. The van der Waals surface area contributed by atoms with Crippen LogP contribution in [-0.2, 0) is 0 Å². The third-order valence-corrected chi connectivity index (χ3v) is 3.00. The van der Waals surface area contributed by atoms with Gasteiger partial charge in [-0.05, 0) is 26.0 Å². The Hall–Kier alpha value is -2.77. The van der Waals surface area contributed by atoms with Gasteiger partial charge in [0.1, 0.15) is 11.5 Å². The zero-order valence-corrected chi connectivity index (χ0v) is 12.8. The Morgan fingerprint density at radius 1 is 1.32 bits per heavy atom. The number of carbonyl (C=O) groups excluding carboxylic acids is 1. The van der Waals surface area contributed by atoms with Gasteiger partial charge in [-0.2, -0.15) is 4.98 Å². The monoisotopic (exact) mass is 306 g/mol. The molecular weight excluding hydrogens is 288 g/mol. The zero-order chi connectivity index (χ0) is 16.1. The van der Waals surface area contributed by atoms with Gasteiger partial charge in [0, 0.05) is 11.6 Å². The first-order valence-corrected chi connectivity index (χ1v) is 6.63. The van der Waals surface area contributed by atoms with E-state index in [2.05, 4.69) is 20.8 Å². The summed E-state index contributed by atoms with van der Waals surface area (Å²) in [4.78, 5) is 15.8. The summed E-state index contributed by atoms with van der Waals surface area (Å²) in [5.41, 5.74) is 0.820. The van der Waals surface area contributed by atoms with E-state index in [1.165, 1.54) is 0 Å². The van der Waals surface area contributed by atoms with Crippen LogP contribution < -0.4 is 20.1 Å². The molecule has 2 amide bonds. The molecule has 0 aliphatic carbocycles. The average molecular weight is 306 g/mol. The molecule has 1 aromatic carbocycles. The first-order valence-electron chi connectivity index (χ1n) is 6.63. The highest BCUT2D eigenvalue weighted by molar-refractivity contribution is 5.87. The van der Waals surface area contributed by atoms with E-state index in [0.717, 1.165) is 5.56 Å². The lowest BCUT2D eigenvalue weighted by Crippen LogP contribution is -2.31. The van der Waals surface area contributed by atoms with Crippen molar-refractivity contribution in [2.24, 2.45) is 0 Å². The minimum Gasteiger partial charge on any atom is -0.497 e. The van der Waals surface area contributed by atoms with Crippen LogP contribution in [0.5, 0.6) is 11.5 Å². The second-order valence-electron chi connectivity index (χ2n) is 4.57. The van der Waals surface area contributed by atoms with Gasteiger partial charge in [0.2, 0.25) is 0 Å². The lowest BCUT2D eigenvalue weighted by molar-refractivity contribution is 0.248. The van der Waals surface area contributed by atoms with Crippen LogP contribution in [0.2, 0.25) is 0 Å². The van der Waals surface area contributed by atoms with Crippen LogP contribution in [-0.4, -0.2) is 30.4 Å². The minimum atomic E-state index is -0.450. The molecule has 8 nitrogen and oxygen atoms in total. The van der Waals surface area contributed by atoms with Gasteiger partial charge in [0.25, 0.3) is 0 Å². The lowest BCUT2D eigenvalue weighted by atomic mass is 10.1. The van der Waals surface area contributed by atoms with E-state index in [1.54, 1.807) is 33.3 Å². The molecule has 118 valence electrons. The quantitative estimate of drug-likeness (QED) is 0.879. The molecule has 0 unspecified atom stereocenters. The van der Waals surface area contributed by atoms with Crippen LogP contribution in [0, 0.1) is 6.92 Å². The number of nitrogens with zero attached hydrogens (tertiary/aromatic N) is 2. The van der Waals surface area contributed by atoms with Crippen LogP contribution >= 0.6 is 0 Å². The van der Waals surface area contributed by atoms with Crippen LogP contribution in [0.4, 0.5) is 10.8 Å². The van der Waals surface area contributed by atoms with Gasteiger partial charge >= 0.3 is 12.0 Å². The molecule has 1 atom stereocenters. The summed E-state index contributed by atoms with van der Waals surface area (Å²) < 4.78 is 15.3. The number of carbonyl (C=O) groups is 1. The molecule has 2 rings (SSSR count). The SMILES string of the molecule is COc1ccc([C@@H](C)NC(=O)Nc2nc(C)no2)c(OC)c1. The van der Waals surface area contributed by atoms with E-state index in [9.17, 15) is 4.79 Å². The molecule has 0 aliphatic heterocycles. The standard InChI is InChI=1S/C14H18N4O4/c1-8(11-6-5-10(20-3)7-12(11)21-4)15-13(19)17-14-16-9(2)18-22-14/h5-8H,1-4H3,(H2,15,16,17,18,19)/t8-/m1/s1. The highest BCUT2D eigenvalue weighted by Gasteiger charge is 2.16. The molecule has 1 heterocycles. The summed E-state index contributed by atoms with van der Waals surface area (Å²) in [5, 5.41) is 8.83. The minimum absolute atomic E-state index is 0.0453. The fourth-order valence-electron chi connectivity index (χ4n) is 1.93. The molecule has 0 aliphatic rings. The normalized spacial score (nSPS) is 11.6. The zero-order valence-electron chi connectivity index (χ0n) is 12.8. The summed E-state index contributed by atoms with van der Waals surface area (Å²) in [5.74, 6) is 1.75. The van der Waals surface area contributed by atoms with E-state index in [0.29, 0.717) is 17.3 Å². The number of aromatic nitrogens is 2. The Morgan fingerprint density at radius 2 is 2.09 bits per heavy atom. The number of urea groups is 1. The number of amides is 2. The first kappa shape index (κ1) is 15.6. The molecule has 22 heavy (non-hydrogen) atoms. The fraction of sp³-hybridized carbons (Fsp3) is 0.357. The van der Waals surface area contributed by atoms with Crippen molar-refractivity contribution in [3.63, 3.8) is 0 Å². The molecule has 0 spiro atoms. The predicted molar refractivity (Wildman–Crippen MR) is 79.2 cm³/mol. The van der Waals surface area contributed by atoms with Gasteiger partial charge in [0.15, 0.2) is 5.82 Å². The smallest absolute Gasteiger partial charge is 0.329 e. The molecule has 2 N–H and O–H groups in total. The molecule has 1 aromatic heterocycles. The third kappa shape index (κ3) is 3.66. The number of ether oxygens (including phenoxy) is 2. The summed E-state index contributed by atoms with van der Waals surface area (Å²) in [7, 11) is 3.14. The van der Waals surface area contributed by atoms with Gasteiger partial charge < -0.3 is 19.3 Å². The van der Waals surface area contributed by atoms with Crippen molar-refractivity contribution in [2.75, 3.05) is 19.5 Å². The number of rotatable bonds is 5. The third-order valence-electron chi connectivity index (χ3n) is 3.00. The second kappa shape index (κ2) is 6.79. The molecule has 0 fully saturated rings. The first-order chi connectivity index (χ1) is 10.5. The van der Waals surface area contributed by atoms with E-state index in [-0.39, 0.29) is 12.1 Å². The van der Waals surface area contributed by atoms with Crippen LogP contribution in [0.25, 0.3) is 0 Å². The summed E-state index contributed by atoms with van der Waals surface area (Å²) in [6.45, 7) is 3.50. The number of methoxy groups -OCH3 is 2. The summed E-state index contributed by atoms with van der Waals surface area (Å²) in [6, 6.07) is 4.70. The number of nitrogens with one attached hydrogen (secondary N) is 2. The van der Waals surface area contributed by atoms with Crippen molar-refractivity contribution in [1.29, 1.82) is 0 Å². The Morgan fingerprint density at radius 3 is 2.68 bits per heavy atom. The number of aryl methyl sites for hydroxylation is 1. The Bertz CT molecular complexity index is 656. The highest BCUT2D eigenvalue weighted by Crippen LogP contribution is 2.29. The lowest BCUT2D eigenvalue weighted by Gasteiger charge is -2.17. The topological polar surface area (TPSA) is 98.5 Å². The van der Waals surface area contributed by atoms with Crippen molar-refractivity contribution >= 4 is 12.0 Å². The van der Waals surface area contributed by atoms with E-state index >= 15 is 0 Å². The van der Waals surface area contributed by atoms with Gasteiger partial charge in [-0.15, -0.1) is 0 Å². The van der Waals surface area contributed by atoms with Crippen LogP contribution in [0.15, 0.2) is 22.7 Å². The average Bonchev–Trinajstić information content (AvgIpc) is 2.91. The van der Waals surface area contributed by atoms with Crippen molar-refractivity contribution in [2.45, 2.75) is 19.9 Å². The number of hydrogen-bond donors (Lipinski definition) is 2. The summed E-state index contributed by atoms with van der Waals surface area (Å²) >= 11 is 0. The number of anilines is 1. The molecule has 0 saturated heterocycles.